The number of aldehydes is 1. The van der Waals surface area contributed by atoms with Gasteiger partial charge in [0.2, 0.25) is 0 Å². The van der Waals surface area contributed by atoms with Crippen molar-refractivity contribution in [3.63, 3.8) is 0 Å². The second-order valence-electron chi connectivity index (χ2n) is 2.51. The summed E-state index contributed by atoms with van der Waals surface area (Å²) in [7, 11) is 0. The first kappa shape index (κ1) is 10.6. The van der Waals surface area contributed by atoms with Crippen molar-refractivity contribution < 1.29 is 22.7 Å². The molecule has 0 radical (unpaired) electrons. The van der Waals surface area contributed by atoms with E-state index in [2.05, 4.69) is 4.74 Å². The average molecular weight is 204 g/mol. The zero-order valence-corrected chi connectivity index (χ0v) is 7.04. The van der Waals surface area contributed by atoms with Crippen LogP contribution in [0.25, 0.3) is 0 Å². The van der Waals surface area contributed by atoms with E-state index in [1.165, 1.54) is 6.07 Å². The van der Waals surface area contributed by atoms with Gasteiger partial charge in [0, 0.05) is 5.56 Å². The quantitative estimate of drug-likeness (QED) is 0.703. The molecular weight excluding hydrogens is 197 g/mol. The van der Waals surface area contributed by atoms with E-state index in [0.717, 1.165) is 12.1 Å². The highest BCUT2D eigenvalue weighted by atomic mass is 19.3. The molecule has 1 aromatic carbocycles. The van der Waals surface area contributed by atoms with Gasteiger partial charge in [-0.3, -0.25) is 4.79 Å². The molecule has 0 amide bonds. The number of alkyl halides is 2. The van der Waals surface area contributed by atoms with Crippen molar-refractivity contribution in [2.24, 2.45) is 0 Å². The summed E-state index contributed by atoms with van der Waals surface area (Å²) in [6.45, 7) is -0.864. The summed E-state index contributed by atoms with van der Waals surface area (Å²) in [5.41, 5.74) is 0.131. The van der Waals surface area contributed by atoms with E-state index in [4.69, 9.17) is 0 Å². The summed E-state index contributed by atoms with van der Waals surface area (Å²) in [5, 5.41) is 0. The lowest BCUT2D eigenvalue weighted by atomic mass is 10.2. The summed E-state index contributed by atoms with van der Waals surface area (Å²) < 4.78 is 40.8. The van der Waals surface area contributed by atoms with Crippen LogP contribution >= 0.6 is 0 Å². The number of hydrogen-bond acceptors (Lipinski definition) is 2. The topological polar surface area (TPSA) is 26.3 Å². The van der Waals surface area contributed by atoms with E-state index in [1.807, 2.05) is 0 Å². The Bertz CT molecular complexity index is 326. The SMILES string of the molecule is O=Cc1ccc(OCC(F)F)c(F)c1. The number of benzene rings is 1. The van der Waals surface area contributed by atoms with E-state index in [9.17, 15) is 18.0 Å². The van der Waals surface area contributed by atoms with Crippen molar-refractivity contribution in [3.8, 4) is 5.75 Å². The standard InChI is InChI=1S/C9H7F3O2/c10-7-3-6(4-13)1-2-8(7)14-5-9(11)12/h1-4,9H,5H2. The second kappa shape index (κ2) is 4.64. The van der Waals surface area contributed by atoms with Crippen molar-refractivity contribution >= 4 is 6.29 Å². The molecule has 0 N–H and O–H groups in total. The van der Waals surface area contributed by atoms with E-state index in [0.29, 0.717) is 6.29 Å². The van der Waals surface area contributed by atoms with Gasteiger partial charge in [-0.1, -0.05) is 0 Å². The smallest absolute Gasteiger partial charge is 0.272 e. The lowest BCUT2D eigenvalue weighted by molar-refractivity contribution is 0.0798. The molecule has 0 atom stereocenters. The number of carbonyl (C=O) groups is 1. The maximum atomic E-state index is 13.0. The molecule has 76 valence electrons. The minimum atomic E-state index is -2.65. The van der Waals surface area contributed by atoms with Gasteiger partial charge in [-0.2, -0.15) is 0 Å². The molecular formula is C9H7F3O2. The van der Waals surface area contributed by atoms with Crippen LogP contribution < -0.4 is 4.74 Å². The van der Waals surface area contributed by atoms with E-state index < -0.39 is 18.8 Å². The van der Waals surface area contributed by atoms with Crippen LogP contribution in [0.3, 0.4) is 0 Å². The summed E-state index contributed by atoms with van der Waals surface area (Å²) >= 11 is 0. The monoisotopic (exact) mass is 204 g/mol. The fourth-order valence-corrected chi connectivity index (χ4v) is 0.860. The molecule has 0 spiro atoms. The minimum absolute atomic E-state index is 0.131. The third-order valence-electron chi connectivity index (χ3n) is 1.46. The van der Waals surface area contributed by atoms with Crippen LogP contribution in [-0.2, 0) is 0 Å². The van der Waals surface area contributed by atoms with Gasteiger partial charge in [-0.15, -0.1) is 0 Å². The summed E-state index contributed by atoms with van der Waals surface area (Å²) in [6.07, 6.45) is -2.19. The predicted octanol–water partition coefficient (Wildman–Crippen LogP) is 2.28. The predicted molar refractivity (Wildman–Crippen MR) is 43.3 cm³/mol. The first-order valence-corrected chi connectivity index (χ1v) is 3.79. The van der Waals surface area contributed by atoms with Gasteiger partial charge >= 0.3 is 0 Å². The van der Waals surface area contributed by atoms with Gasteiger partial charge in [0.25, 0.3) is 6.43 Å². The van der Waals surface area contributed by atoms with Crippen LogP contribution in [0.15, 0.2) is 18.2 Å². The molecule has 14 heavy (non-hydrogen) atoms. The first-order chi connectivity index (χ1) is 6.63. The largest absolute Gasteiger partial charge is 0.485 e. The van der Waals surface area contributed by atoms with Gasteiger partial charge in [-0.25, -0.2) is 13.2 Å². The summed E-state index contributed by atoms with van der Waals surface area (Å²) in [5.74, 6) is -1.11. The Balaban J connectivity index is 2.73. The normalized spacial score (nSPS) is 10.3. The van der Waals surface area contributed by atoms with Crippen molar-refractivity contribution in [2.45, 2.75) is 6.43 Å². The molecule has 0 aromatic heterocycles. The zero-order chi connectivity index (χ0) is 10.6. The zero-order valence-electron chi connectivity index (χ0n) is 7.04. The molecule has 0 aliphatic rings. The molecule has 1 aromatic rings. The van der Waals surface area contributed by atoms with Crippen molar-refractivity contribution in [1.82, 2.24) is 0 Å². The van der Waals surface area contributed by atoms with Crippen molar-refractivity contribution in [3.05, 3.63) is 29.6 Å². The summed E-state index contributed by atoms with van der Waals surface area (Å²) in [4.78, 5) is 10.2. The van der Waals surface area contributed by atoms with Crippen molar-refractivity contribution in [1.29, 1.82) is 0 Å². The molecule has 5 heteroatoms. The third kappa shape index (κ3) is 2.76. The van der Waals surface area contributed by atoms with E-state index in [1.54, 1.807) is 0 Å². The number of carbonyl (C=O) groups excluding carboxylic acids is 1. The maximum absolute atomic E-state index is 13.0. The van der Waals surface area contributed by atoms with Crippen LogP contribution in [0.4, 0.5) is 13.2 Å². The maximum Gasteiger partial charge on any atom is 0.272 e. The number of hydrogen-bond donors (Lipinski definition) is 0. The van der Waals surface area contributed by atoms with Gasteiger partial charge in [-0.05, 0) is 18.2 Å². The van der Waals surface area contributed by atoms with Gasteiger partial charge in [0.1, 0.15) is 12.9 Å². The first-order valence-electron chi connectivity index (χ1n) is 3.79. The Morgan fingerprint density at radius 1 is 1.43 bits per heavy atom. The molecule has 0 aliphatic heterocycles. The Morgan fingerprint density at radius 3 is 2.64 bits per heavy atom. The molecule has 0 aliphatic carbocycles. The Kier molecular flexibility index (Phi) is 3.50. The Morgan fingerprint density at radius 2 is 2.14 bits per heavy atom. The Labute approximate surface area is 78.3 Å². The molecule has 0 unspecified atom stereocenters. The molecule has 2 nitrogen and oxygen atoms in total. The van der Waals surface area contributed by atoms with Gasteiger partial charge in [0.05, 0.1) is 0 Å². The lowest BCUT2D eigenvalue weighted by Crippen LogP contribution is -2.08. The van der Waals surface area contributed by atoms with Crippen LogP contribution in [0.2, 0.25) is 0 Å². The number of ether oxygens (including phenoxy) is 1. The van der Waals surface area contributed by atoms with Crippen LogP contribution in [0.5, 0.6) is 5.75 Å². The molecule has 0 saturated heterocycles. The molecule has 0 bridgehead atoms. The van der Waals surface area contributed by atoms with Gasteiger partial charge < -0.3 is 4.74 Å². The fraction of sp³-hybridized carbons (Fsp3) is 0.222. The van der Waals surface area contributed by atoms with E-state index in [-0.39, 0.29) is 11.3 Å². The van der Waals surface area contributed by atoms with Gasteiger partial charge in [0.15, 0.2) is 11.6 Å². The summed E-state index contributed by atoms with van der Waals surface area (Å²) in [6, 6.07) is 3.35. The van der Waals surface area contributed by atoms with Crippen LogP contribution in [0, 0.1) is 5.82 Å². The number of rotatable bonds is 4. The minimum Gasteiger partial charge on any atom is -0.485 e. The highest BCUT2D eigenvalue weighted by molar-refractivity contribution is 5.74. The van der Waals surface area contributed by atoms with Crippen molar-refractivity contribution in [2.75, 3.05) is 6.61 Å². The lowest BCUT2D eigenvalue weighted by Gasteiger charge is -2.06. The molecule has 0 fully saturated rings. The number of halogens is 3. The highest BCUT2D eigenvalue weighted by Gasteiger charge is 2.08. The van der Waals surface area contributed by atoms with Crippen LogP contribution in [-0.4, -0.2) is 19.3 Å². The van der Waals surface area contributed by atoms with E-state index >= 15 is 0 Å². The molecule has 0 saturated carbocycles. The second-order valence-corrected chi connectivity index (χ2v) is 2.51. The fourth-order valence-electron chi connectivity index (χ4n) is 0.860. The molecule has 0 heterocycles. The van der Waals surface area contributed by atoms with Crippen LogP contribution in [0.1, 0.15) is 10.4 Å². The average Bonchev–Trinajstić information content (AvgIpc) is 2.15. The third-order valence-corrected chi connectivity index (χ3v) is 1.46. The molecule has 1 rings (SSSR count). The highest BCUT2D eigenvalue weighted by Crippen LogP contribution is 2.18. The Hall–Kier alpha value is -1.52.